The van der Waals surface area contributed by atoms with Crippen LogP contribution >= 0.6 is 22.9 Å². The van der Waals surface area contributed by atoms with Crippen molar-refractivity contribution in [1.29, 1.82) is 0 Å². The number of nitrogens with zero attached hydrogens (tertiary/aromatic N) is 5. The highest BCUT2D eigenvalue weighted by Crippen LogP contribution is 2.42. The van der Waals surface area contributed by atoms with Gasteiger partial charge in [0, 0.05) is 55.3 Å². The van der Waals surface area contributed by atoms with E-state index in [2.05, 4.69) is 37.4 Å². The van der Waals surface area contributed by atoms with E-state index in [0.29, 0.717) is 35.3 Å². The molecule has 2 aromatic carbocycles. The lowest BCUT2D eigenvalue weighted by Crippen LogP contribution is -2.44. The average Bonchev–Trinajstić information content (AvgIpc) is 3.49. The van der Waals surface area contributed by atoms with Crippen molar-refractivity contribution in [1.82, 2.24) is 25.2 Å². The second kappa shape index (κ2) is 9.79. The van der Waals surface area contributed by atoms with Gasteiger partial charge in [0.05, 0.1) is 15.2 Å². The number of halogens is 3. The van der Waals surface area contributed by atoms with Crippen LogP contribution in [0.3, 0.4) is 0 Å². The molecule has 8 nitrogen and oxygen atoms in total. The summed E-state index contributed by atoms with van der Waals surface area (Å²) in [5, 5.41) is 7.60. The second-order valence-electron chi connectivity index (χ2n) is 9.53. The number of piperazine rings is 1. The molecule has 4 N–H and O–H groups in total. The fourth-order valence-corrected chi connectivity index (χ4v) is 6.32. The van der Waals surface area contributed by atoms with Crippen molar-refractivity contribution in [2.75, 3.05) is 62.3 Å². The number of benzene rings is 2. The summed E-state index contributed by atoms with van der Waals surface area (Å²) in [6.07, 6.45) is 2.24. The molecule has 4 heterocycles. The molecule has 0 radical (unpaired) electrons. The second-order valence-corrected chi connectivity index (χ2v) is 11.0. The minimum Gasteiger partial charge on any atom is -0.375 e. The number of anilines is 3. The van der Waals surface area contributed by atoms with E-state index in [1.165, 1.54) is 12.1 Å². The molecule has 1 atom stereocenters. The Labute approximate surface area is 221 Å². The van der Waals surface area contributed by atoms with Crippen molar-refractivity contribution in [3.8, 4) is 11.1 Å². The molecule has 6 rings (SSSR count). The molecular weight excluding hydrogens is 518 g/mol. The van der Waals surface area contributed by atoms with Crippen LogP contribution in [0.15, 0.2) is 18.2 Å². The first kappa shape index (κ1) is 24.5. The molecule has 4 aromatic rings. The van der Waals surface area contributed by atoms with Crippen molar-refractivity contribution in [3.05, 3.63) is 34.9 Å². The molecule has 37 heavy (non-hydrogen) atoms. The van der Waals surface area contributed by atoms with Gasteiger partial charge in [0.25, 0.3) is 0 Å². The van der Waals surface area contributed by atoms with Gasteiger partial charge in [0.15, 0.2) is 10.9 Å². The number of thiazole rings is 1. The van der Waals surface area contributed by atoms with E-state index in [1.54, 1.807) is 6.07 Å². The summed E-state index contributed by atoms with van der Waals surface area (Å²) >= 11 is 7.73. The number of nitrogen functional groups attached to an aromatic ring is 1. The zero-order valence-electron chi connectivity index (χ0n) is 20.3. The van der Waals surface area contributed by atoms with Crippen molar-refractivity contribution in [2.45, 2.75) is 18.9 Å². The van der Waals surface area contributed by atoms with Crippen molar-refractivity contribution in [3.63, 3.8) is 0 Å². The molecule has 0 saturated carbocycles. The van der Waals surface area contributed by atoms with Gasteiger partial charge in [0.2, 0.25) is 5.95 Å². The number of fused-ring (bicyclic) bond motifs is 2. The number of nitrogens with one attached hydrogen (secondary N) is 2. The largest absolute Gasteiger partial charge is 0.375 e. The number of likely N-dealkylation sites (tertiary alicyclic amines) is 1. The minimum atomic E-state index is -0.596. The van der Waals surface area contributed by atoms with E-state index >= 15 is 4.39 Å². The summed E-state index contributed by atoms with van der Waals surface area (Å²) in [7, 11) is 2.11. The van der Waals surface area contributed by atoms with E-state index < -0.39 is 11.6 Å². The molecule has 0 bridgehead atoms. The average molecular weight is 545 g/mol. The Kier molecular flexibility index (Phi) is 6.47. The maximum absolute atomic E-state index is 16.4. The predicted octanol–water partition coefficient (Wildman–Crippen LogP) is 4.34. The topological polar surface area (TPSA) is 95.2 Å². The molecule has 194 valence electrons. The third-order valence-corrected chi connectivity index (χ3v) is 8.42. The summed E-state index contributed by atoms with van der Waals surface area (Å²) in [4.78, 5) is 18.1. The fraction of sp³-hybridized carbons (Fsp3) is 0.400. The van der Waals surface area contributed by atoms with Crippen molar-refractivity contribution < 1.29 is 8.78 Å². The number of hydrogen-bond donors (Lipinski definition) is 3. The summed E-state index contributed by atoms with van der Waals surface area (Å²) in [5.74, 6) is -0.0438. The van der Waals surface area contributed by atoms with Crippen LogP contribution in [0.4, 0.5) is 25.7 Å². The van der Waals surface area contributed by atoms with Crippen LogP contribution in [0.1, 0.15) is 12.8 Å². The Balaban J connectivity index is 1.51. The maximum atomic E-state index is 16.4. The Hall–Kier alpha value is -2.86. The van der Waals surface area contributed by atoms with Gasteiger partial charge < -0.3 is 26.2 Å². The molecule has 2 saturated heterocycles. The van der Waals surface area contributed by atoms with E-state index in [0.717, 1.165) is 56.9 Å². The first-order valence-corrected chi connectivity index (χ1v) is 13.5. The highest BCUT2D eigenvalue weighted by Gasteiger charge is 2.26. The monoisotopic (exact) mass is 544 g/mol. The van der Waals surface area contributed by atoms with E-state index in [1.807, 2.05) is 0 Å². The SMILES string of the molecule is CN1CCC[C@H]1CNc1nc(N2CCNCC2)c2cc(Cl)c(-c3ccc(F)c4sc(N)nc34)c(F)c2n1. The molecule has 0 aliphatic carbocycles. The molecule has 0 spiro atoms. The minimum absolute atomic E-state index is 0.121. The zero-order valence-corrected chi connectivity index (χ0v) is 21.9. The molecule has 2 fully saturated rings. The smallest absolute Gasteiger partial charge is 0.225 e. The summed E-state index contributed by atoms with van der Waals surface area (Å²) < 4.78 is 31.1. The lowest BCUT2D eigenvalue weighted by molar-refractivity contribution is 0.322. The van der Waals surface area contributed by atoms with Gasteiger partial charge in [0.1, 0.15) is 17.2 Å². The van der Waals surface area contributed by atoms with Crippen LogP contribution < -0.4 is 21.3 Å². The molecule has 12 heteroatoms. The first-order valence-electron chi connectivity index (χ1n) is 12.3. The lowest BCUT2D eigenvalue weighted by atomic mass is 10.0. The Morgan fingerprint density at radius 3 is 2.73 bits per heavy atom. The van der Waals surface area contributed by atoms with Crippen LogP contribution in [0.5, 0.6) is 0 Å². The van der Waals surface area contributed by atoms with Crippen molar-refractivity contribution >= 4 is 61.0 Å². The number of aromatic nitrogens is 3. The first-order chi connectivity index (χ1) is 17.9. The normalized spacial score (nSPS) is 18.8. The lowest BCUT2D eigenvalue weighted by Gasteiger charge is -2.30. The van der Waals surface area contributed by atoms with Gasteiger partial charge in [-0.05, 0) is 44.6 Å². The third kappa shape index (κ3) is 4.43. The molecule has 2 aromatic heterocycles. The molecule has 0 amide bonds. The standard InChI is InChI=1S/C25H27ClF2N8S/c1-35-8-2-3-13(35)12-31-25-33-20-15(23(34-25)36-9-6-30-7-10-36)11-16(26)18(19(20)28)14-4-5-17(27)22-21(14)32-24(29)37-22/h4-5,11,13,30H,2-3,6-10,12H2,1H3,(H2,29,32)(H,31,33,34)/t13-/m0/s1. The summed E-state index contributed by atoms with van der Waals surface area (Å²) in [6.45, 7) is 4.79. The van der Waals surface area contributed by atoms with E-state index in [-0.39, 0.29) is 31.5 Å². The van der Waals surface area contributed by atoms with E-state index in [9.17, 15) is 4.39 Å². The number of nitrogens with two attached hydrogens (primary N) is 1. The quantitative estimate of drug-likeness (QED) is 0.342. The van der Waals surface area contributed by atoms with Crippen LogP contribution in [0, 0.1) is 11.6 Å². The summed E-state index contributed by atoms with van der Waals surface area (Å²) in [5.41, 5.74) is 6.79. The van der Waals surface area contributed by atoms with Crippen LogP contribution in [-0.2, 0) is 0 Å². The summed E-state index contributed by atoms with van der Waals surface area (Å²) in [6, 6.07) is 4.84. The van der Waals surface area contributed by atoms with Gasteiger partial charge in [-0.2, -0.15) is 4.98 Å². The van der Waals surface area contributed by atoms with Gasteiger partial charge in [-0.1, -0.05) is 22.9 Å². The third-order valence-electron chi connectivity index (χ3n) is 7.23. The van der Waals surface area contributed by atoms with Crippen LogP contribution in [0.25, 0.3) is 32.2 Å². The van der Waals surface area contributed by atoms with Crippen molar-refractivity contribution in [2.24, 2.45) is 0 Å². The molecule has 0 unspecified atom stereocenters. The Bertz CT molecular complexity index is 1490. The fourth-order valence-electron chi connectivity index (χ4n) is 5.26. The highest BCUT2D eigenvalue weighted by molar-refractivity contribution is 7.22. The number of hydrogen-bond acceptors (Lipinski definition) is 9. The maximum Gasteiger partial charge on any atom is 0.225 e. The van der Waals surface area contributed by atoms with Gasteiger partial charge in [-0.3, -0.25) is 0 Å². The van der Waals surface area contributed by atoms with Gasteiger partial charge in [-0.15, -0.1) is 0 Å². The molecule has 2 aliphatic heterocycles. The molecular formula is C25H27ClF2N8S. The molecule has 2 aliphatic rings. The van der Waals surface area contributed by atoms with E-state index in [4.69, 9.17) is 22.3 Å². The number of likely N-dealkylation sites (N-methyl/N-ethyl adjacent to an activating group) is 1. The van der Waals surface area contributed by atoms with Gasteiger partial charge in [-0.25, -0.2) is 18.7 Å². The Morgan fingerprint density at radius 1 is 1.16 bits per heavy atom. The van der Waals surface area contributed by atoms with Gasteiger partial charge >= 0.3 is 0 Å². The van der Waals surface area contributed by atoms with Crippen LogP contribution in [-0.4, -0.2) is 72.2 Å². The number of rotatable bonds is 5. The zero-order chi connectivity index (χ0) is 25.7. The van der Waals surface area contributed by atoms with Crippen LogP contribution in [0.2, 0.25) is 5.02 Å². The Morgan fingerprint density at radius 2 is 1.97 bits per heavy atom. The highest BCUT2D eigenvalue weighted by atomic mass is 35.5. The predicted molar refractivity (Wildman–Crippen MR) is 147 cm³/mol.